The molecule has 0 spiro atoms. The van der Waals surface area contributed by atoms with E-state index in [2.05, 4.69) is 25.7 Å². The Hall–Kier alpha value is -4.17. The molecule has 0 aliphatic carbocycles. The van der Waals surface area contributed by atoms with Gasteiger partial charge in [0.05, 0.1) is 32.5 Å². The molecule has 3 N–H and O–H groups in total. The lowest BCUT2D eigenvalue weighted by molar-refractivity contribution is -0.274. The van der Waals surface area contributed by atoms with Gasteiger partial charge in [0, 0.05) is 11.4 Å². The number of hydrazone groups is 1. The standard InChI is InChI=1S/C24H19F3N4O5S2/c1-12-9-15(31-36-12)10-28-22(33)18-7-8-19(38-18)23(34)30-29-13(2)17-11-37-21(20(17)32)14-3-5-16(6-4-14)35-24(25,26)27/h3-9,11,32H,10H2,1-2H3,(H,28,33)(H,30,34). The Kier molecular flexibility index (Phi) is 7.83. The minimum atomic E-state index is -4.80. The van der Waals surface area contributed by atoms with E-state index in [0.29, 0.717) is 38.0 Å². The number of alkyl halides is 3. The van der Waals surface area contributed by atoms with Crippen molar-refractivity contribution in [1.82, 2.24) is 15.9 Å². The van der Waals surface area contributed by atoms with Crippen LogP contribution in [0, 0.1) is 6.92 Å². The number of nitrogens with one attached hydrogen (secondary N) is 2. The number of amides is 2. The fraction of sp³-hybridized carbons (Fsp3) is 0.167. The molecule has 0 fully saturated rings. The van der Waals surface area contributed by atoms with Crippen molar-refractivity contribution in [3.8, 4) is 21.9 Å². The van der Waals surface area contributed by atoms with E-state index in [1.807, 2.05) is 0 Å². The zero-order chi connectivity index (χ0) is 27.4. The van der Waals surface area contributed by atoms with Crippen LogP contribution in [0.3, 0.4) is 0 Å². The van der Waals surface area contributed by atoms with Crippen LogP contribution >= 0.6 is 22.7 Å². The van der Waals surface area contributed by atoms with Crippen molar-refractivity contribution in [3.63, 3.8) is 0 Å². The van der Waals surface area contributed by atoms with Gasteiger partial charge in [-0.15, -0.1) is 35.8 Å². The summed E-state index contributed by atoms with van der Waals surface area (Å²) in [4.78, 5) is 25.9. The fourth-order valence-corrected chi connectivity index (χ4v) is 5.04. The maximum absolute atomic E-state index is 12.5. The van der Waals surface area contributed by atoms with Crippen molar-refractivity contribution in [3.05, 3.63) is 74.6 Å². The summed E-state index contributed by atoms with van der Waals surface area (Å²) in [5.41, 5.74) is 4.08. The van der Waals surface area contributed by atoms with Crippen molar-refractivity contribution in [2.75, 3.05) is 0 Å². The van der Waals surface area contributed by atoms with Crippen molar-refractivity contribution in [2.24, 2.45) is 5.10 Å². The van der Waals surface area contributed by atoms with Gasteiger partial charge in [0.25, 0.3) is 11.8 Å². The van der Waals surface area contributed by atoms with Crippen LogP contribution < -0.4 is 15.5 Å². The number of aromatic nitrogens is 1. The summed E-state index contributed by atoms with van der Waals surface area (Å²) < 4.78 is 45.9. The minimum Gasteiger partial charge on any atom is -0.506 e. The molecule has 1 aromatic carbocycles. The molecule has 198 valence electrons. The van der Waals surface area contributed by atoms with Crippen LogP contribution in [0.4, 0.5) is 13.2 Å². The van der Waals surface area contributed by atoms with Gasteiger partial charge >= 0.3 is 6.36 Å². The molecule has 3 aromatic heterocycles. The number of benzene rings is 1. The van der Waals surface area contributed by atoms with E-state index in [0.717, 1.165) is 34.8 Å². The molecule has 0 saturated carbocycles. The number of aryl methyl sites for hydroxylation is 1. The Morgan fingerprint density at radius 2 is 1.82 bits per heavy atom. The van der Waals surface area contributed by atoms with Crippen LogP contribution in [0.2, 0.25) is 0 Å². The highest BCUT2D eigenvalue weighted by molar-refractivity contribution is 7.16. The predicted molar refractivity (Wildman–Crippen MR) is 135 cm³/mol. The molecule has 0 saturated heterocycles. The summed E-state index contributed by atoms with van der Waals surface area (Å²) in [5, 5.41) is 22.8. The molecule has 0 aliphatic heterocycles. The summed E-state index contributed by atoms with van der Waals surface area (Å²) in [7, 11) is 0. The van der Waals surface area contributed by atoms with Crippen LogP contribution in [0.15, 0.2) is 57.5 Å². The minimum absolute atomic E-state index is 0.132. The van der Waals surface area contributed by atoms with Gasteiger partial charge < -0.3 is 19.7 Å². The first-order valence-corrected chi connectivity index (χ1v) is 12.5. The van der Waals surface area contributed by atoms with Gasteiger partial charge in [-0.3, -0.25) is 9.59 Å². The molecule has 0 radical (unpaired) electrons. The zero-order valence-corrected chi connectivity index (χ0v) is 21.4. The second kappa shape index (κ2) is 11.1. The Balaban J connectivity index is 1.37. The highest BCUT2D eigenvalue weighted by Crippen LogP contribution is 2.39. The highest BCUT2D eigenvalue weighted by Gasteiger charge is 2.31. The third kappa shape index (κ3) is 6.58. The summed E-state index contributed by atoms with van der Waals surface area (Å²) in [6, 6.07) is 9.78. The Bertz CT molecular complexity index is 1490. The van der Waals surface area contributed by atoms with Crippen LogP contribution in [-0.2, 0) is 6.54 Å². The molecule has 2 amide bonds. The van der Waals surface area contributed by atoms with Crippen molar-refractivity contribution < 1.29 is 37.1 Å². The number of carbonyl (C=O) groups excluding carboxylic acids is 2. The molecule has 38 heavy (non-hydrogen) atoms. The molecule has 0 atom stereocenters. The van der Waals surface area contributed by atoms with E-state index in [1.165, 1.54) is 24.3 Å². The molecule has 4 aromatic rings. The van der Waals surface area contributed by atoms with Crippen LogP contribution in [0.5, 0.6) is 11.5 Å². The van der Waals surface area contributed by atoms with Gasteiger partial charge in [-0.25, -0.2) is 5.43 Å². The van der Waals surface area contributed by atoms with Crippen molar-refractivity contribution in [1.29, 1.82) is 0 Å². The SMILES string of the molecule is CC(=NNC(=O)c1ccc(C(=O)NCc2cc(C)on2)s1)c1csc(-c2ccc(OC(F)(F)F)cc2)c1O. The second-order valence-electron chi connectivity index (χ2n) is 7.81. The number of hydrogen-bond acceptors (Lipinski definition) is 9. The van der Waals surface area contributed by atoms with E-state index in [9.17, 15) is 27.9 Å². The first-order chi connectivity index (χ1) is 18.0. The summed E-state index contributed by atoms with van der Waals surface area (Å²) in [5.74, 6) is -0.802. The lowest BCUT2D eigenvalue weighted by Crippen LogP contribution is -2.22. The molecule has 0 aliphatic rings. The number of carbonyl (C=O) groups is 2. The molecule has 3 heterocycles. The first kappa shape index (κ1) is 26.9. The lowest BCUT2D eigenvalue weighted by Gasteiger charge is -2.09. The molecule has 4 rings (SSSR count). The Morgan fingerprint density at radius 3 is 2.45 bits per heavy atom. The molecular weight excluding hydrogens is 545 g/mol. The number of ether oxygens (including phenoxy) is 1. The van der Waals surface area contributed by atoms with Crippen LogP contribution in [0.1, 0.15) is 43.3 Å². The van der Waals surface area contributed by atoms with Gasteiger partial charge in [-0.2, -0.15) is 5.10 Å². The van der Waals surface area contributed by atoms with E-state index in [4.69, 9.17) is 4.52 Å². The Labute approximate surface area is 221 Å². The Morgan fingerprint density at radius 1 is 1.13 bits per heavy atom. The van der Waals surface area contributed by atoms with Gasteiger partial charge in [-0.05, 0) is 55.8 Å². The number of hydrogen-bond donors (Lipinski definition) is 3. The molecule has 14 heteroatoms. The molecule has 0 bridgehead atoms. The molecular formula is C24H19F3N4O5S2. The number of nitrogens with zero attached hydrogens (tertiary/aromatic N) is 2. The number of thiophene rings is 2. The smallest absolute Gasteiger partial charge is 0.506 e. The maximum atomic E-state index is 12.5. The quantitative estimate of drug-likeness (QED) is 0.193. The van der Waals surface area contributed by atoms with Gasteiger partial charge in [0.2, 0.25) is 0 Å². The van der Waals surface area contributed by atoms with E-state index in [1.54, 1.807) is 25.3 Å². The highest BCUT2D eigenvalue weighted by atomic mass is 32.1. The predicted octanol–water partition coefficient (Wildman–Crippen LogP) is 5.46. The summed E-state index contributed by atoms with van der Waals surface area (Å²) >= 11 is 2.14. The third-order valence-electron chi connectivity index (χ3n) is 4.99. The van der Waals surface area contributed by atoms with Gasteiger partial charge in [0.1, 0.15) is 23.0 Å². The lowest BCUT2D eigenvalue weighted by atomic mass is 10.1. The van der Waals surface area contributed by atoms with Crippen LogP contribution in [0.25, 0.3) is 10.4 Å². The largest absolute Gasteiger partial charge is 0.573 e. The van der Waals surface area contributed by atoms with E-state index >= 15 is 0 Å². The average molecular weight is 565 g/mol. The normalized spacial score (nSPS) is 11.9. The van der Waals surface area contributed by atoms with Crippen molar-refractivity contribution >= 4 is 40.2 Å². The average Bonchev–Trinajstić information content (AvgIpc) is 3.60. The summed E-state index contributed by atoms with van der Waals surface area (Å²) in [6.07, 6.45) is -4.80. The maximum Gasteiger partial charge on any atom is 0.573 e. The van der Waals surface area contributed by atoms with E-state index < -0.39 is 12.3 Å². The number of rotatable bonds is 8. The first-order valence-electron chi connectivity index (χ1n) is 10.8. The molecule has 0 unspecified atom stereocenters. The fourth-order valence-electron chi connectivity index (χ4n) is 3.21. The number of halogens is 3. The zero-order valence-electron chi connectivity index (χ0n) is 19.8. The topological polar surface area (TPSA) is 126 Å². The van der Waals surface area contributed by atoms with Gasteiger partial charge in [0.15, 0.2) is 0 Å². The van der Waals surface area contributed by atoms with E-state index in [-0.39, 0.29) is 28.8 Å². The third-order valence-corrected chi connectivity index (χ3v) is 7.09. The van der Waals surface area contributed by atoms with Gasteiger partial charge in [-0.1, -0.05) is 5.16 Å². The second-order valence-corrected chi connectivity index (χ2v) is 9.78. The van der Waals surface area contributed by atoms with Crippen molar-refractivity contribution in [2.45, 2.75) is 26.8 Å². The molecule has 9 nitrogen and oxygen atoms in total. The summed E-state index contributed by atoms with van der Waals surface area (Å²) in [6.45, 7) is 3.49. The monoisotopic (exact) mass is 564 g/mol. The number of aromatic hydroxyl groups is 1. The van der Waals surface area contributed by atoms with Crippen LogP contribution in [-0.4, -0.2) is 34.2 Å².